The fourth-order valence-corrected chi connectivity index (χ4v) is 5.15. The number of anilines is 2. The van der Waals surface area contributed by atoms with E-state index in [1.54, 1.807) is 30.3 Å². The number of imide groups is 2. The first-order valence-corrected chi connectivity index (χ1v) is 12.7. The van der Waals surface area contributed by atoms with Crippen LogP contribution in [0.15, 0.2) is 75.2 Å². The van der Waals surface area contributed by atoms with Gasteiger partial charge in [-0.25, -0.2) is 9.69 Å². The molecule has 0 saturated carbocycles. The minimum atomic E-state index is -0.871. The summed E-state index contributed by atoms with van der Waals surface area (Å²) in [4.78, 5) is 51.2. The number of nitrogens with one attached hydrogen (secondary N) is 2. The number of ether oxygens (including phenoxy) is 1. The molecule has 11 heteroatoms. The summed E-state index contributed by atoms with van der Waals surface area (Å²) in [5, 5.41) is 5.29. The number of carbonyl (C=O) groups is 4. The molecule has 0 spiro atoms. The molecule has 188 valence electrons. The first-order valence-electron chi connectivity index (χ1n) is 10.8. The monoisotopic (exact) mass is 645 g/mol. The number of para-hydroxylation sites is 1. The molecule has 8 nitrogen and oxygen atoms in total. The molecule has 1 saturated heterocycles. The Morgan fingerprint density at radius 3 is 2.43 bits per heavy atom. The van der Waals surface area contributed by atoms with Crippen molar-refractivity contribution in [3.8, 4) is 5.75 Å². The number of hydrogen-bond acceptors (Lipinski definition) is 5. The molecule has 0 bridgehead atoms. The second-order valence-corrected chi connectivity index (χ2v) is 10.0. The average molecular weight is 648 g/mol. The average Bonchev–Trinajstić information content (AvgIpc) is 2.82. The molecule has 0 aromatic heterocycles. The Bertz CT molecular complexity index is 1450. The number of halogens is 3. The fraction of sp³-hybridized carbons (Fsp3) is 0.0769. The number of benzene rings is 3. The molecule has 0 unspecified atom stereocenters. The van der Waals surface area contributed by atoms with Gasteiger partial charge in [0.15, 0.2) is 6.61 Å². The number of aryl methyl sites for hydroxylation is 1. The lowest BCUT2D eigenvalue weighted by Crippen LogP contribution is -2.54. The van der Waals surface area contributed by atoms with E-state index in [0.29, 0.717) is 31.0 Å². The van der Waals surface area contributed by atoms with E-state index in [-0.39, 0.29) is 23.8 Å². The summed E-state index contributed by atoms with van der Waals surface area (Å²) in [5.74, 6) is -1.60. The van der Waals surface area contributed by atoms with Gasteiger partial charge in [-0.2, -0.15) is 0 Å². The smallest absolute Gasteiger partial charge is 0.335 e. The van der Waals surface area contributed by atoms with Crippen LogP contribution < -0.4 is 20.3 Å². The van der Waals surface area contributed by atoms with Crippen LogP contribution in [0.4, 0.5) is 16.2 Å². The second kappa shape index (κ2) is 11.3. The number of rotatable bonds is 6. The SMILES string of the molecule is Cc1ccccc1NC(=O)COc1c(Br)cc(/C=C2\C(=O)NC(=O)N(c3cccc(Cl)c3)C2=O)cc1Br. The molecule has 1 aliphatic heterocycles. The van der Waals surface area contributed by atoms with Gasteiger partial charge in [-0.1, -0.05) is 35.9 Å². The van der Waals surface area contributed by atoms with Gasteiger partial charge in [-0.05, 0) is 92.4 Å². The molecule has 1 fully saturated rings. The minimum absolute atomic E-state index is 0.225. The zero-order valence-electron chi connectivity index (χ0n) is 19.2. The summed E-state index contributed by atoms with van der Waals surface area (Å²) < 4.78 is 6.64. The first kappa shape index (κ1) is 26.6. The highest BCUT2D eigenvalue weighted by Gasteiger charge is 2.37. The van der Waals surface area contributed by atoms with Crippen molar-refractivity contribution in [1.29, 1.82) is 0 Å². The molecular formula is C26H18Br2ClN3O5. The van der Waals surface area contributed by atoms with Crippen molar-refractivity contribution in [3.05, 3.63) is 91.3 Å². The van der Waals surface area contributed by atoms with Crippen LogP contribution in [0.3, 0.4) is 0 Å². The normalized spacial score (nSPS) is 14.5. The molecule has 1 aliphatic rings. The Morgan fingerprint density at radius 1 is 1.05 bits per heavy atom. The van der Waals surface area contributed by atoms with Crippen LogP contribution in [-0.4, -0.2) is 30.4 Å². The summed E-state index contributed by atoms with van der Waals surface area (Å²) in [6, 6.07) is 15.9. The van der Waals surface area contributed by atoms with E-state index < -0.39 is 17.8 Å². The number of hydrogen-bond donors (Lipinski definition) is 2. The van der Waals surface area contributed by atoms with E-state index >= 15 is 0 Å². The van der Waals surface area contributed by atoms with Gasteiger partial charge in [0.1, 0.15) is 11.3 Å². The van der Waals surface area contributed by atoms with Crippen LogP contribution in [0.2, 0.25) is 5.02 Å². The third kappa shape index (κ3) is 6.10. The maximum atomic E-state index is 13.1. The molecule has 0 atom stereocenters. The van der Waals surface area contributed by atoms with Crippen molar-refractivity contribution < 1.29 is 23.9 Å². The van der Waals surface area contributed by atoms with Crippen molar-refractivity contribution >= 4 is 84.7 Å². The van der Waals surface area contributed by atoms with Crippen LogP contribution in [0.1, 0.15) is 11.1 Å². The van der Waals surface area contributed by atoms with Crippen LogP contribution >= 0.6 is 43.5 Å². The summed E-state index contributed by atoms with van der Waals surface area (Å²) in [7, 11) is 0. The highest BCUT2D eigenvalue weighted by molar-refractivity contribution is 9.11. The molecule has 4 rings (SSSR count). The second-order valence-electron chi connectivity index (χ2n) is 7.90. The zero-order chi connectivity index (χ0) is 26.7. The van der Waals surface area contributed by atoms with Gasteiger partial charge >= 0.3 is 6.03 Å². The number of carbonyl (C=O) groups excluding carboxylic acids is 4. The lowest BCUT2D eigenvalue weighted by molar-refractivity contribution is -0.122. The van der Waals surface area contributed by atoms with Gasteiger partial charge in [-0.3, -0.25) is 19.7 Å². The molecule has 5 amide bonds. The number of barbiturate groups is 1. The standard InChI is InChI=1S/C26H18Br2ClN3O5/c1-14-5-2-3-8-21(14)30-22(33)13-37-23-19(27)10-15(11-20(23)28)9-18-24(34)31-26(36)32(25(18)35)17-7-4-6-16(29)12-17/h2-12H,13H2,1H3,(H,30,33)(H,31,34,36)/b18-9+. The van der Waals surface area contributed by atoms with E-state index in [2.05, 4.69) is 42.5 Å². The largest absolute Gasteiger partial charge is 0.481 e. The predicted octanol–water partition coefficient (Wildman–Crippen LogP) is 5.86. The Morgan fingerprint density at radius 2 is 1.76 bits per heavy atom. The van der Waals surface area contributed by atoms with Crippen molar-refractivity contribution in [1.82, 2.24) is 5.32 Å². The highest BCUT2D eigenvalue weighted by atomic mass is 79.9. The third-order valence-corrected chi connectivity index (χ3v) is 6.68. The van der Waals surface area contributed by atoms with E-state index in [1.807, 2.05) is 25.1 Å². The van der Waals surface area contributed by atoms with Crippen molar-refractivity contribution in [3.63, 3.8) is 0 Å². The Labute approximate surface area is 233 Å². The summed E-state index contributed by atoms with van der Waals surface area (Å²) in [6.45, 7) is 1.64. The molecule has 3 aromatic rings. The van der Waals surface area contributed by atoms with Crippen LogP contribution in [0.5, 0.6) is 5.75 Å². The molecule has 3 aromatic carbocycles. The van der Waals surface area contributed by atoms with Crippen LogP contribution in [-0.2, 0) is 14.4 Å². The van der Waals surface area contributed by atoms with Crippen molar-refractivity contribution in [2.45, 2.75) is 6.92 Å². The van der Waals surface area contributed by atoms with E-state index in [4.69, 9.17) is 16.3 Å². The van der Waals surface area contributed by atoms with Gasteiger partial charge in [-0.15, -0.1) is 0 Å². The van der Waals surface area contributed by atoms with E-state index in [0.717, 1.165) is 10.5 Å². The molecule has 1 heterocycles. The first-order chi connectivity index (χ1) is 17.6. The minimum Gasteiger partial charge on any atom is -0.481 e. The number of urea groups is 1. The topological polar surface area (TPSA) is 105 Å². The highest BCUT2D eigenvalue weighted by Crippen LogP contribution is 2.36. The molecule has 0 aliphatic carbocycles. The number of amides is 5. The van der Waals surface area contributed by atoms with Crippen LogP contribution in [0, 0.1) is 6.92 Å². The van der Waals surface area contributed by atoms with Gasteiger partial charge in [0, 0.05) is 10.7 Å². The summed E-state index contributed by atoms with van der Waals surface area (Å²) in [5.41, 5.74) is 2.06. The molecule has 2 N–H and O–H groups in total. The Balaban J connectivity index is 1.53. The maximum Gasteiger partial charge on any atom is 0.335 e. The quantitative estimate of drug-likeness (QED) is 0.258. The van der Waals surface area contributed by atoms with Gasteiger partial charge < -0.3 is 10.1 Å². The van der Waals surface area contributed by atoms with E-state index in [1.165, 1.54) is 18.2 Å². The molecular weight excluding hydrogens is 630 g/mol. The van der Waals surface area contributed by atoms with Crippen molar-refractivity contribution in [2.24, 2.45) is 0 Å². The lowest BCUT2D eigenvalue weighted by atomic mass is 10.1. The zero-order valence-corrected chi connectivity index (χ0v) is 23.1. The van der Waals surface area contributed by atoms with E-state index in [9.17, 15) is 19.2 Å². The Kier molecular flexibility index (Phi) is 8.11. The van der Waals surface area contributed by atoms with Gasteiger partial charge in [0.05, 0.1) is 14.6 Å². The summed E-state index contributed by atoms with van der Waals surface area (Å²) in [6.07, 6.45) is 1.35. The lowest BCUT2D eigenvalue weighted by Gasteiger charge is -2.26. The van der Waals surface area contributed by atoms with Crippen LogP contribution in [0.25, 0.3) is 6.08 Å². The van der Waals surface area contributed by atoms with Crippen molar-refractivity contribution in [2.75, 3.05) is 16.8 Å². The number of nitrogens with zero attached hydrogens (tertiary/aromatic N) is 1. The molecule has 37 heavy (non-hydrogen) atoms. The summed E-state index contributed by atoms with van der Waals surface area (Å²) >= 11 is 12.8. The maximum absolute atomic E-state index is 13.1. The predicted molar refractivity (Wildman–Crippen MR) is 148 cm³/mol. The fourth-order valence-electron chi connectivity index (χ4n) is 3.51. The van der Waals surface area contributed by atoms with Gasteiger partial charge in [0.2, 0.25) is 0 Å². The molecule has 0 radical (unpaired) electrons. The third-order valence-electron chi connectivity index (χ3n) is 5.27. The van der Waals surface area contributed by atoms with Gasteiger partial charge in [0.25, 0.3) is 17.7 Å². The Hall–Kier alpha value is -3.47.